The molecule has 33 heteroatoms. The number of ketones is 1. The summed E-state index contributed by atoms with van der Waals surface area (Å²) in [6.07, 6.45) is 3.67. The summed E-state index contributed by atoms with van der Waals surface area (Å²) in [6.45, 7) is 11.4. The summed E-state index contributed by atoms with van der Waals surface area (Å²) in [5, 5.41) is 26.7. The number of aliphatic hydroxyl groups is 3. The zero-order valence-electron chi connectivity index (χ0n) is 50.4. The maximum atomic E-state index is 11.2. The molecular formula is C54H73AlCl5LiO25Si. The predicted molar refractivity (Wildman–Crippen MR) is 319 cm³/mol. The molecule has 0 saturated heterocycles. The van der Waals surface area contributed by atoms with Crippen molar-refractivity contribution in [1.29, 1.82) is 0 Å². The summed E-state index contributed by atoms with van der Waals surface area (Å²) in [7, 11) is 5.60. The Bertz CT molecular complexity index is 2860. The Morgan fingerprint density at radius 2 is 0.966 bits per heavy atom. The molecule has 0 aromatic carbocycles. The van der Waals surface area contributed by atoms with Gasteiger partial charge in [-0.2, -0.15) is 0 Å². The molecule has 0 aliphatic rings. The number of methoxy groups -OCH3 is 6. The zero-order valence-corrected chi connectivity index (χ0v) is 54.2. The zero-order chi connectivity index (χ0) is 65.5. The van der Waals surface area contributed by atoms with E-state index < -0.39 is 49.9 Å². The molecule has 25 nitrogen and oxygen atoms in total. The maximum Gasteiger partial charge on any atom is 1.00 e. The van der Waals surface area contributed by atoms with Crippen molar-refractivity contribution in [1.82, 2.24) is 0 Å². The molecule has 0 bridgehead atoms. The van der Waals surface area contributed by atoms with Crippen molar-refractivity contribution in [3.63, 3.8) is 0 Å². The van der Waals surface area contributed by atoms with Crippen molar-refractivity contribution in [2.45, 2.75) is 90.5 Å². The Morgan fingerprint density at radius 3 is 1.37 bits per heavy atom. The molecule has 482 valence electrons. The second-order valence-electron chi connectivity index (χ2n) is 17.6. The third-order valence-electron chi connectivity index (χ3n) is 10.8. The maximum absolute atomic E-state index is 11.2. The Labute approximate surface area is 552 Å². The van der Waals surface area contributed by atoms with E-state index in [4.69, 9.17) is 105 Å². The van der Waals surface area contributed by atoms with Crippen LogP contribution in [0.1, 0.15) is 111 Å². The molecule has 3 N–H and O–H groups in total. The molecule has 0 aliphatic heterocycles. The van der Waals surface area contributed by atoms with Gasteiger partial charge in [-0.15, -0.1) is 11.6 Å². The van der Waals surface area contributed by atoms with Crippen LogP contribution >= 0.6 is 58.0 Å². The fourth-order valence-electron chi connectivity index (χ4n) is 5.52. The first-order valence-electron chi connectivity index (χ1n) is 24.5. The standard InChI is InChI=1S/C13H21ClO3Si.C9H9ClO5.C9H10O5.C7H9ClO3.C7H7ClO3.C7H10O5.C2H3ClO.Al.Li.4H/c1-13(2,3)18(4,5)16-7-6-11-10(9-15)8-12(14)17-11;1-13-8(11)4-6-5(9(12)14-2)3-7(10)15-6;1-12-8(10)5-7-6(3-4-14-7)9(11)13-2;2*8-7-3-5(4-10)6(11-7)1-2-9;1-11-6(9)3-5(8)4-7(10)12-2;3-1-2-4;;;;;;/h8-9H,6-7H2,1-5H3;3H,4H2,1-2H3;3-4H,5H2,1-2H3;3,9-10H,1-2,4H2;3-4,9H,1-2H2;3-4H2,1-2H3;2H,1H2;;;;;;/q;;;;;;;;+1;;;;-1. The molecule has 0 saturated carbocycles. The SMILES string of the molecule is CC(C)(C)[Si](C)(C)OCCc1oc(Cl)cc1C=O.COC(=O)CC(=O)CC(=O)OC.COC(=O)Cc1oc(Cl)cc1C(=O)OC.COC(=O)Cc1occc1C(=O)OC.O=CCCl.O=Cc1cc(Cl)oc1CCO.OCCc1oc(Cl)cc1CO.[AlH3].[H-].[Li+]. The van der Waals surface area contributed by atoms with Gasteiger partial charge in [-0.3, -0.25) is 33.6 Å². The second kappa shape index (κ2) is 48.5. The van der Waals surface area contributed by atoms with Crippen molar-refractivity contribution in [3.8, 4) is 0 Å². The fourth-order valence-corrected chi connectivity index (χ4v) is 7.41. The van der Waals surface area contributed by atoms with Gasteiger partial charge in [0.1, 0.15) is 71.9 Å². The van der Waals surface area contributed by atoms with Crippen LogP contribution in [0.15, 0.2) is 58.7 Å². The van der Waals surface area contributed by atoms with Crippen molar-refractivity contribution in [2.75, 3.05) is 68.4 Å². The molecule has 0 aliphatic carbocycles. The molecule has 5 aromatic heterocycles. The fraction of sp³-hybridized carbons (Fsp3) is 0.444. The van der Waals surface area contributed by atoms with Gasteiger partial charge in [0.2, 0.25) is 0 Å². The summed E-state index contributed by atoms with van der Waals surface area (Å²) >= 11 is 27.1. The summed E-state index contributed by atoms with van der Waals surface area (Å²) < 4.78 is 57.5. The summed E-state index contributed by atoms with van der Waals surface area (Å²) in [5.41, 5.74) is 1.94. The van der Waals surface area contributed by atoms with Gasteiger partial charge in [-0.1, -0.05) is 20.8 Å². The van der Waals surface area contributed by atoms with Crippen LogP contribution in [0.25, 0.3) is 0 Å². The first kappa shape index (κ1) is 88.0. The third kappa shape index (κ3) is 36.0. The first-order valence-corrected chi connectivity index (χ1v) is 29.5. The Kier molecular flexibility index (Phi) is 49.0. The van der Waals surface area contributed by atoms with E-state index in [9.17, 15) is 43.2 Å². The number of aldehydes is 3. The van der Waals surface area contributed by atoms with Crippen molar-refractivity contribution < 1.29 is 138 Å². The van der Waals surface area contributed by atoms with Gasteiger partial charge in [0.15, 0.2) is 64.9 Å². The molecule has 0 radical (unpaired) electrons. The van der Waals surface area contributed by atoms with Gasteiger partial charge in [0.25, 0.3) is 0 Å². The minimum absolute atomic E-state index is 0. The number of hydrogen-bond acceptors (Lipinski definition) is 25. The molecule has 5 aromatic rings. The predicted octanol–water partition coefficient (Wildman–Crippen LogP) is 4.81. The Hall–Kier alpha value is -5.46. The van der Waals surface area contributed by atoms with Gasteiger partial charge in [-0.05, 0) is 70.6 Å². The Balaban J connectivity index is -0.000000309. The van der Waals surface area contributed by atoms with Crippen LogP contribution < -0.4 is 18.9 Å². The number of halogens is 5. The van der Waals surface area contributed by atoms with Crippen LogP contribution in [-0.2, 0) is 100 Å². The van der Waals surface area contributed by atoms with E-state index in [0.717, 1.165) is 6.29 Å². The topological polar surface area (TPSA) is 362 Å². The number of carbonyl (C=O) groups is 10. The average Bonchev–Trinajstić information content (AvgIpc) is 4.52. The average molecular weight is 1360 g/mol. The van der Waals surface area contributed by atoms with E-state index >= 15 is 0 Å². The molecule has 0 atom stereocenters. The van der Waals surface area contributed by atoms with E-state index in [2.05, 4.69) is 62.3 Å². The van der Waals surface area contributed by atoms with Crippen molar-refractivity contribution in [3.05, 3.63) is 114 Å². The minimum atomic E-state index is -1.74. The molecule has 0 amide bonds. The molecule has 0 spiro atoms. The monoisotopic (exact) mass is 1360 g/mol. The number of alkyl halides is 1. The van der Waals surface area contributed by atoms with E-state index in [0.29, 0.717) is 72.4 Å². The molecular weight excluding hydrogens is 1290 g/mol. The van der Waals surface area contributed by atoms with E-state index in [1.165, 1.54) is 73.2 Å². The quantitative estimate of drug-likeness (QED) is 0.0209. The summed E-state index contributed by atoms with van der Waals surface area (Å²) in [5.74, 6) is -1.83. The number of hydrogen-bond donors (Lipinski definition) is 3. The minimum Gasteiger partial charge on any atom is -1.00 e. The van der Waals surface area contributed by atoms with Crippen LogP contribution in [0, 0.1) is 0 Å². The van der Waals surface area contributed by atoms with E-state index in [1.54, 1.807) is 6.07 Å². The number of Topliss-reactive ketones (excluding diaryl/α,β-unsaturated/α-hetero) is 1. The van der Waals surface area contributed by atoms with Gasteiger partial charge in [0, 0.05) is 55.7 Å². The van der Waals surface area contributed by atoms with Gasteiger partial charge >= 0.3 is 54.7 Å². The van der Waals surface area contributed by atoms with Crippen molar-refractivity contribution in [2.24, 2.45) is 0 Å². The smallest absolute Gasteiger partial charge is 1.00 e. The molecule has 5 heterocycles. The van der Waals surface area contributed by atoms with Gasteiger partial charge in [-0.25, -0.2) is 9.59 Å². The van der Waals surface area contributed by atoms with Crippen molar-refractivity contribution >= 4 is 144 Å². The molecule has 0 unspecified atom stereocenters. The van der Waals surface area contributed by atoms with Crippen LogP contribution in [-0.4, -0.2) is 170 Å². The summed E-state index contributed by atoms with van der Waals surface area (Å²) in [4.78, 5) is 106. The van der Waals surface area contributed by atoms with E-state index in [1.807, 2.05) is 0 Å². The summed E-state index contributed by atoms with van der Waals surface area (Å²) in [6, 6.07) is 7.26. The Morgan fingerprint density at radius 1 is 0.575 bits per heavy atom. The third-order valence-corrected chi connectivity index (χ3v) is 16.2. The number of aliphatic hydroxyl groups excluding tert-OH is 3. The largest absolute Gasteiger partial charge is 1.00 e. The molecule has 5 rings (SSSR count). The number of rotatable bonds is 22. The number of ether oxygens (including phenoxy) is 6. The van der Waals surface area contributed by atoms with Crippen LogP contribution in [0.5, 0.6) is 0 Å². The molecule has 87 heavy (non-hydrogen) atoms. The second-order valence-corrected chi connectivity index (χ2v) is 24.2. The number of carbonyl (C=O) groups excluding carboxylic acids is 10. The van der Waals surface area contributed by atoms with Gasteiger partial charge in [0.05, 0.1) is 85.7 Å². The first-order chi connectivity index (χ1) is 40.0. The number of esters is 6. The molecule has 0 fully saturated rings. The van der Waals surface area contributed by atoms with Crippen LogP contribution in [0.4, 0.5) is 0 Å². The normalized spacial score (nSPS) is 9.97. The van der Waals surface area contributed by atoms with E-state index in [-0.39, 0.29) is 138 Å². The van der Waals surface area contributed by atoms with Gasteiger partial charge < -0.3 is 76.5 Å². The number of furan rings is 5. The van der Waals surface area contributed by atoms with Crippen LogP contribution in [0.2, 0.25) is 39.0 Å². The van der Waals surface area contributed by atoms with Crippen LogP contribution in [0.3, 0.4) is 0 Å².